The molecule has 1 fully saturated rings. The number of rotatable bonds is 2. The van der Waals surface area contributed by atoms with Gasteiger partial charge in [0.15, 0.2) is 11.6 Å². The number of amides is 2. The number of anilines is 1. The number of halogens is 2. The van der Waals surface area contributed by atoms with Gasteiger partial charge in [-0.2, -0.15) is 0 Å². The highest BCUT2D eigenvalue weighted by Crippen LogP contribution is 2.13. The van der Waals surface area contributed by atoms with Gasteiger partial charge in [-0.05, 0) is 25.0 Å². The number of urea groups is 1. The van der Waals surface area contributed by atoms with E-state index < -0.39 is 17.7 Å². The zero-order valence-corrected chi connectivity index (χ0v) is 9.00. The number of ether oxygens (including phenoxy) is 1. The van der Waals surface area contributed by atoms with Crippen LogP contribution in [-0.2, 0) is 4.74 Å². The Morgan fingerprint density at radius 3 is 2.82 bits per heavy atom. The van der Waals surface area contributed by atoms with E-state index in [9.17, 15) is 13.6 Å². The van der Waals surface area contributed by atoms with Crippen molar-refractivity contribution in [3.63, 3.8) is 0 Å². The van der Waals surface area contributed by atoms with Crippen molar-refractivity contribution in [1.82, 2.24) is 5.32 Å². The second-order valence-electron chi connectivity index (χ2n) is 3.73. The lowest BCUT2D eigenvalue weighted by Crippen LogP contribution is -2.37. The van der Waals surface area contributed by atoms with Crippen LogP contribution >= 0.6 is 0 Å². The molecule has 2 N–H and O–H groups in total. The molecule has 1 unspecified atom stereocenters. The lowest BCUT2D eigenvalue weighted by molar-refractivity contribution is 0.0928. The van der Waals surface area contributed by atoms with Gasteiger partial charge in [0.25, 0.3) is 0 Å². The van der Waals surface area contributed by atoms with Crippen LogP contribution in [0.2, 0.25) is 0 Å². The molecule has 1 aliphatic rings. The molecule has 1 aliphatic heterocycles. The van der Waals surface area contributed by atoms with E-state index in [1.165, 1.54) is 6.07 Å². The molecule has 0 aliphatic carbocycles. The molecule has 0 aromatic heterocycles. The van der Waals surface area contributed by atoms with Crippen molar-refractivity contribution >= 4 is 11.7 Å². The minimum absolute atomic E-state index is 0.194. The zero-order valence-electron chi connectivity index (χ0n) is 9.00. The van der Waals surface area contributed by atoms with Crippen LogP contribution in [0.15, 0.2) is 18.2 Å². The highest BCUT2D eigenvalue weighted by molar-refractivity contribution is 5.89. The molecule has 0 radical (unpaired) electrons. The van der Waals surface area contributed by atoms with E-state index in [-0.39, 0.29) is 11.9 Å². The predicted octanol–water partition coefficient (Wildman–Crippen LogP) is 2.22. The Morgan fingerprint density at radius 1 is 1.35 bits per heavy atom. The molecular weight excluding hydrogens is 230 g/mol. The Kier molecular flexibility index (Phi) is 3.53. The van der Waals surface area contributed by atoms with E-state index >= 15 is 0 Å². The molecule has 17 heavy (non-hydrogen) atoms. The number of carbonyl (C=O) groups excluding carboxylic acids is 1. The number of hydrogen-bond donors (Lipinski definition) is 2. The number of benzene rings is 1. The summed E-state index contributed by atoms with van der Waals surface area (Å²) >= 11 is 0. The summed E-state index contributed by atoms with van der Waals surface area (Å²) in [7, 11) is 0. The van der Waals surface area contributed by atoms with E-state index in [2.05, 4.69) is 10.6 Å². The Morgan fingerprint density at radius 2 is 2.18 bits per heavy atom. The Balaban J connectivity index is 1.90. The minimum atomic E-state index is -1.00. The smallest absolute Gasteiger partial charge is 0.321 e. The van der Waals surface area contributed by atoms with E-state index in [0.717, 1.165) is 25.0 Å². The Hall–Kier alpha value is -1.69. The molecule has 0 saturated carbocycles. The van der Waals surface area contributed by atoms with Gasteiger partial charge in [0.2, 0.25) is 0 Å². The van der Waals surface area contributed by atoms with Gasteiger partial charge < -0.3 is 15.4 Å². The van der Waals surface area contributed by atoms with E-state index in [0.29, 0.717) is 6.61 Å². The Labute approximate surface area is 97.0 Å². The summed E-state index contributed by atoms with van der Waals surface area (Å²) in [6.07, 6.45) is 1.35. The third-order valence-corrected chi connectivity index (χ3v) is 2.40. The van der Waals surface area contributed by atoms with Gasteiger partial charge in [0.1, 0.15) is 6.23 Å². The average molecular weight is 242 g/mol. The molecule has 6 heteroatoms. The molecule has 1 aromatic carbocycles. The topological polar surface area (TPSA) is 50.4 Å². The molecule has 0 bridgehead atoms. The van der Waals surface area contributed by atoms with Crippen molar-refractivity contribution in [3.05, 3.63) is 29.8 Å². The summed E-state index contributed by atoms with van der Waals surface area (Å²) in [4.78, 5) is 11.4. The fourth-order valence-corrected chi connectivity index (χ4v) is 1.58. The third-order valence-electron chi connectivity index (χ3n) is 2.40. The fourth-order valence-electron chi connectivity index (χ4n) is 1.58. The first-order valence-corrected chi connectivity index (χ1v) is 5.29. The quantitative estimate of drug-likeness (QED) is 0.835. The van der Waals surface area contributed by atoms with Gasteiger partial charge >= 0.3 is 6.03 Å². The van der Waals surface area contributed by atoms with Crippen LogP contribution in [0.4, 0.5) is 19.3 Å². The number of carbonyl (C=O) groups is 1. The zero-order chi connectivity index (χ0) is 12.3. The molecule has 1 atom stereocenters. The number of nitrogens with one attached hydrogen (secondary N) is 2. The van der Waals surface area contributed by atoms with Crippen LogP contribution in [0, 0.1) is 11.6 Å². The van der Waals surface area contributed by atoms with Gasteiger partial charge in [-0.1, -0.05) is 0 Å². The SMILES string of the molecule is O=C(Nc1ccc(F)c(F)c1)NC1CCCO1. The van der Waals surface area contributed by atoms with Crippen molar-refractivity contribution in [2.45, 2.75) is 19.1 Å². The van der Waals surface area contributed by atoms with Gasteiger partial charge in [-0.25, -0.2) is 13.6 Å². The first-order chi connectivity index (χ1) is 8.15. The lowest BCUT2D eigenvalue weighted by atomic mass is 10.3. The molecule has 4 nitrogen and oxygen atoms in total. The third kappa shape index (κ3) is 3.13. The predicted molar refractivity (Wildman–Crippen MR) is 57.5 cm³/mol. The monoisotopic (exact) mass is 242 g/mol. The van der Waals surface area contributed by atoms with E-state index in [1.807, 2.05) is 0 Å². The summed E-state index contributed by atoms with van der Waals surface area (Å²) in [5.74, 6) is -1.95. The first-order valence-electron chi connectivity index (χ1n) is 5.29. The second kappa shape index (κ2) is 5.09. The van der Waals surface area contributed by atoms with Crippen molar-refractivity contribution in [3.8, 4) is 0 Å². The van der Waals surface area contributed by atoms with Crippen molar-refractivity contribution in [2.24, 2.45) is 0 Å². The summed E-state index contributed by atoms with van der Waals surface area (Å²) in [5.41, 5.74) is 0.194. The van der Waals surface area contributed by atoms with Gasteiger partial charge in [-0.15, -0.1) is 0 Å². The highest BCUT2D eigenvalue weighted by Gasteiger charge is 2.17. The normalized spacial score (nSPS) is 19.1. The van der Waals surface area contributed by atoms with Gasteiger partial charge in [0.05, 0.1) is 0 Å². The average Bonchev–Trinajstić information content (AvgIpc) is 2.76. The van der Waals surface area contributed by atoms with Crippen LogP contribution in [0.5, 0.6) is 0 Å². The number of hydrogen-bond acceptors (Lipinski definition) is 2. The summed E-state index contributed by atoms with van der Waals surface area (Å²) < 4.78 is 30.7. The largest absolute Gasteiger partial charge is 0.358 e. The maximum Gasteiger partial charge on any atom is 0.321 e. The van der Waals surface area contributed by atoms with Crippen molar-refractivity contribution in [1.29, 1.82) is 0 Å². The summed E-state index contributed by atoms with van der Waals surface area (Å²) in [6.45, 7) is 0.621. The minimum Gasteiger partial charge on any atom is -0.358 e. The van der Waals surface area contributed by atoms with Crippen molar-refractivity contribution in [2.75, 3.05) is 11.9 Å². The molecule has 92 valence electrons. The van der Waals surface area contributed by atoms with Crippen LogP contribution < -0.4 is 10.6 Å². The van der Waals surface area contributed by atoms with Crippen molar-refractivity contribution < 1.29 is 18.3 Å². The second-order valence-corrected chi connectivity index (χ2v) is 3.73. The molecular formula is C11H12F2N2O2. The van der Waals surface area contributed by atoms with Gasteiger partial charge in [0, 0.05) is 18.4 Å². The first kappa shape index (κ1) is 11.8. The molecule has 1 saturated heterocycles. The molecule has 2 rings (SSSR count). The van der Waals surface area contributed by atoms with Crippen LogP contribution in [0.1, 0.15) is 12.8 Å². The molecule has 0 spiro atoms. The standard InChI is InChI=1S/C11H12F2N2O2/c12-8-4-3-7(6-9(8)13)14-11(16)15-10-2-1-5-17-10/h3-4,6,10H,1-2,5H2,(H2,14,15,16). The van der Waals surface area contributed by atoms with Gasteiger partial charge in [-0.3, -0.25) is 0 Å². The maximum absolute atomic E-state index is 12.9. The molecule has 1 aromatic rings. The van der Waals surface area contributed by atoms with Crippen LogP contribution in [0.3, 0.4) is 0 Å². The van der Waals surface area contributed by atoms with Crippen LogP contribution in [-0.4, -0.2) is 18.9 Å². The Bertz CT molecular complexity index is 420. The highest BCUT2D eigenvalue weighted by atomic mass is 19.2. The lowest BCUT2D eigenvalue weighted by Gasteiger charge is -2.12. The fraction of sp³-hybridized carbons (Fsp3) is 0.364. The molecule has 1 heterocycles. The summed E-state index contributed by atoms with van der Waals surface area (Å²) in [5, 5.41) is 4.97. The van der Waals surface area contributed by atoms with E-state index in [4.69, 9.17) is 4.74 Å². The summed E-state index contributed by atoms with van der Waals surface area (Å²) in [6, 6.07) is 2.66. The van der Waals surface area contributed by atoms with E-state index in [1.54, 1.807) is 0 Å². The van der Waals surface area contributed by atoms with Crippen LogP contribution in [0.25, 0.3) is 0 Å². The maximum atomic E-state index is 12.9. The molecule has 2 amide bonds.